The van der Waals surface area contributed by atoms with Crippen LogP contribution in [0.1, 0.15) is 9.68 Å². The summed E-state index contributed by atoms with van der Waals surface area (Å²) in [7, 11) is 0. The molecule has 4 heteroatoms. The largest absolute Gasteiger partial charge is 0.455 e. The second-order valence-corrected chi connectivity index (χ2v) is 12.2. The first kappa shape index (κ1) is 26.3. The molecule has 0 saturated carbocycles. The molecule has 4 nitrogen and oxygen atoms in total. The fourth-order valence-corrected chi connectivity index (χ4v) is 6.63. The highest BCUT2D eigenvalue weighted by molar-refractivity contribution is 6.15. The zero-order valence-corrected chi connectivity index (χ0v) is 26.9. The van der Waals surface area contributed by atoms with Crippen LogP contribution in [0, 0.1) is 6.85 Å². The first-order valence-corrected chi connectivity index (χ1v) is 16.5. The molecule has 2 heterocycles. The number of para-hydroxylation sites is 1. The smallest absolute Gasteiger partial charge is 0.164 e. The van der Waals surface area contributed by atoms with Crippen molar-refractivity contribution in [3.63, 3.8) is 0 Å². The molecule has 0 bridgehead atoms. The first-order valence-electron chi connectivity index (χ1n) is 18.0. The minimum absolute atomic E-state index is 0.290. The lowest BCUT2D eigenvalue weighted by Crippen LogP contribution is -2.00. The summed E-state index contributed by atoms with van der Waals surface area (Å²) in [6.07, 6.45) is 0. The Morgan fingerprint density at radius 1 is 0.420 bits per heavy atom. The van der Waals surface area contributed by atoms with Crippen LogP contribution in [0.2, 0.25) is 0 Å². The van der Waals surface area contributed by atoms with Crippen molar-refractivity contribution in [2.24, 2.45) is 0 Å². The van der Waals surface area contributed by atoms with Gasteiger partial charge in [-0.15, -0.1) is 0 Å². The Morgan fingerprint density at radius 2 is 0.960 bits per heavy atom. The molecule has 0 unspecified atom stereocenters. The second kappa shape index (κ2) is 12.4. The summed E-state index contributed by atoms with van der Waals surface area (Å²) in [5.74, 6) is 1.66. The van der Waals surface area contributed by atoms with Gasteiger partial charge in [-0.25, -0.2) is 15.0 Å². The number of fused-ring (bicyclic) bond motifs is 3. The Balaban J connectivity index is 1.20. The maximum Gasteiger partial charge on any atom is 0.164 e. The Kier molecular flexibility index (Phi) is 6.54. The highest BCUT2D eigenvalue weighted by Gasteiger charge is 2.20. The monoisotopic (exact) mass is 644 g/mol. The fourth-order valence-electron chi connectivity index (χ4n) is 6.63. The van der Waals surface area contributed by atoms with Gasteiger partial charge in [0.15, 0.2) is 17.5 Å². The standard InChI is InChI=1S/C46H31N3O/c1-30-29-36(27-28-37(30)33-15-7-3-8-16-33)38-19-11-20-39-42-40(21-12-22-41(42)50-43(38)39)46-48-44(34-17-9-4-10-18-34)47-45(49-46)35-25-23-32(24-26-35)31-13-5-2-6-14-31/h2-29H,1H3/i1D3. The van der Waals surface area contributed by atoms with Crippen LogP contribution in [-0.2, 0) is 0 Å². The molecule has 7 aromatic carbocycles. The number of hydrogen-bond donors (Lipinski definition) is 0. The van der Waals surface area contributed by atoms with E-state index in [-0.39, 0.29) is 5.56 Å². The predicted molar refractivity (Wildman–Crippen MR) is 204 cm³/mol. The van der Waals surface area contributed by atoms with Gasteiger partial charge in [-0.05, 0) is 46.3 Å². The minimum Gasteiger partial charge on any atom is -0.455 e. The van der Waals surface area contributed by atoms with Crippen LogP contribution in [0.25, 0.3) is 89.5 Å². The summed E-state index contributed by atoms with van der Waals surface area (Å²) in [5, 5.41) is 1.75. The number of benzene rings is 7. The van der Waals surface area contributed by atoms with Crippen LogP contribution in [0.15, 0.2) is 174 Å². The fraction of sp³-hybridized carbons (Fsp3) is 0.0217. The van der Waals surface area contributed by atoms with Gasteiger partial charge in [0.25, 0.3) is 0 Å². The molecule has 0 aliphatic rings. The van der Waals surface area contributed by atoms with E-state index in [9.17, 15) is 0 Å². The van der Waals surface area contributed by atoms with Crippen LogP contribution >= 0.6 is 0 Å². The maximum absolute atomic E-state index is 8.40. The van der Waals surface area contributed by atoms with E-state index in [1.165, 1.54) is 0 Å². The molecule has 0 aliphatic heterocycles. The van der Waals surface area contributed by atoms with E-state index in [0.29, 0.717) is 34.2 Å². The van der Waals surface area contributed by atoms with E-state index in [0.717, 1.165) is 55.3 Å². The molecule has 9 aromatic rings. The van der Waals surface area contributed by atoms with Crippen molar-refractivity contribution in [1.29, 1.82) is 0 Å². The molecule has 0 N–H and O–H groups in total. The zero-order chi connectivity index (χ0) is 35.9. The highest BCUT2D eigenvalue weighted by Crippen LogP contribution is 2.41. The zero-order valence-electron chi connectivity index (χ0n) is 29.9. The van der Waals surface area contributed by atoms with Crippen molar-refractivity contribution >= 4 is 21.9 Å². The van der Waals surface area contributed by atoms with Crippen LogP contribution < -0.4 is 0 Å². The van der Waals surface area contributed by atoms with Crippen molar-refractivity contribution in [3.05, 3.63) is 175 Å². The van der Waals surface area contributed by atoms with Crippen molar-refractivity contribution in [1.82, 2.24) is 15.0 Å². The summed E-state index contributed by atoms with van der Waals surface area (Å²) < 4.78 is 31.8. The summed E-state index contributed by atoms with van der Waals surface area (Å²) in [6.45, 7) is -2.31. The molecule has 0 amide bonds. The summed E-state index contributed by atoms with van der Waals surface area (Å²) in [5.41, 5.74) is 9.54. The number of aryl methyl sites for hydroxylation is 1. The van der Waals surface area contributed by atoms with Gasteiger partial charge in [-0.2, -0.15) is 0 Å². The van der Waals surface area contributed by atoms with E-state index >= 15 is 0 Å². The predicted octanol–water partition coefficient (Wildman–Crippen LogP) is 12.1. The van der Waals surface area contributed by atoms with E-state index in [1.54, 1.807) is 6.07 Å². The first-order chi connectivity index (χ1) is 25.9. The average molecular weight is 645 g/mol. The topological polar surface area (TPSA) is 51.8 Å². The van der Waals surface area contributed by atoms with Gasteiger partial charge in [0.1, 0.15) is 11.2 Å². The van der Waals surface area contributed by atoms with Crippen LogP contribution in [0.3, 0.4) is 0 Å². The molecule has 0 radical (unpaired) electrons. The number of furan rings is 1. The lowest BCUT2D eigenvalue weighted by atomic mass is 9.94. The van der Waals surface area contributed by atoms with Crippen LogP contribution in [0.4, 0.5) is 0 Å². The Labute approximate surface area is 294 Å². The third-order valence-electron chi connectivity index (χ3n) is 9.10. The summed E-state index contributed by atoms with van der Waals surface area (Å²) in [4.78, 5) is 15.1. The molecule has 0 atom stereocenters. The molecule has 50 heavy (non-hydrogen) atoms. The van der Waals surface area contributed by atoms with Gasteiger partial charge in [-0.3, -0.25) is 0 Å². The van der Waals surface area contributed by atoms with E-state index in [4.69, 9.17) is 23.5 Å². The Hall–Kier alpha value is -6.65. The van der Waals surface area contributed by atoms with E-state index in [1.807, 2.05) is 140 Å². The third kappa shape index (κ3) is 5.33. The van der Waals surface area contributed by atoms with E-state index in [2.05, 4.69) is 24.3 Å². The van der Waals surface area contributed by atoms with E-state index < -0.39 is 6.85 Å². The number of hydrogen-bond acceptors (Lipinski definition) is 4. The second-order valence-electron chi connectivity index (χ2n) is 12.2. The highest BCUT2D eigenvalue weighted by atomic mass is 16.3. The Morgan fingerprint density at radius 3 is 1.66 bits per heavy atom. The Bertz CT molecular complexity index is 2740. The lowest BCUT2D eigenvalue weighted by Gasteiger charge is -2.10. The molecular weight excluding hydrogens is 611 g/mol. The molecule has 0 fully saturated rings. The quantitative estimate of drug-likeness (QED) is 0.181. The lowest BCUT2D eigenvalue weighted by molar-refractivity contribution is 0.670. The van der Waals surface area contributed by atoms with Crippen molar-refractivity contribution in [2.75, 3.05) is 0 Å². The normalized spacial score (nSPS) is 12.4. The van der Waals surface area contributed by atoms with Crippen molar-refractivity contribution in [2.45, 2.75) is 6.85 Å². The summed E-state index contributed by atoms with van der Waals surface area (Å²) >= 11 is 0. The summed E-state index contributed by atoms with van der Waals surface area (Å²) in [6, 6.07) is 55.6. The molecule has 2 aromatic heterocycles. The van der Waals surface area contributed by atoms with Crippen LogP contribution in [-0.4, -0.2) is 15.0 Å². The van der Waals surface area contributed by atoms with Gasteiger partial charge in [-0.1, -0.05) is 164 Å². The number of rotatable bonds is 6. The van der Waals surface area contributed by atoms with Gasteiger partial charge in [0.2, 0.25) is 0 Å². The molecule has 0 saturated heterocycles. The SMILES string of the molecule is [2H]C([2H])([2H])c1cc(-c2cccc3c2oc2cccc(-c4nc(-c5ccccc5)nc(-c5ccc(-c6ccccc6)cc5)n4)c23)ccc1-c1ccccc1. The molecular formula is C46H31N3O. The van der Waals surface area contributed by atoms with Crippen molar-refractivity contribution < 1.29 is 8.53 Å². The van der Waals surface area contributed by atoms with Gasteiger partial charge in [0.05, 0.1) is 0 Å². The number of aromatic nitrogens is 3. The minimum atomic E-state index is -2.31. The van der Waals surface area contributed by atoms with Gasteiger partial charge < -0.3 is 4.42 Å². The number of nitrogens with zero attached hydrogens (tertiary/aromatic N) is 3. The van der Waals surface area contributed by atoms with Crippen molar-refractivity contribution in [3.8, 4) is 67.5 Å². The molecule has 0 aliphatic carbocycles. The average Bonchev–Trinajstić information content (AvgIpc) is 3.61. The molecule has 9 rings (SSSR count). The van der Waals surface area contributed by atoms with Crippen LogP contribution in [0.5, 0.6) is 0 Å². The molecule has 0 spiro atoms. The van der Waals surface area contributed by atoms with Gasteiger partial charge in [0, 0.05) is 37.1 Å². The van der Waals surface area contributed by atoms with Gasteiger partial charge >= 0.3 is 0 Å². The third-order valence-corrected chi connectivity index (χ3v) is 9.10. The molecule has 236 valence electrons. The maximum atomic E-state index is 8.40.